The van der Waals surface area contributed by atoms with Crippen LogP contribution in [0, 0.1) is 6.92 Å². The molecule has 0 fully saturated rings. The summed E-state index contributed by atoms with van der Waals surface area (Å²) in [5.74, 6) is -0.463. The van der Waals surface area contributed by atoms with Crippen molar-refractivity contribution in [3.8, 4) is 0 Å². The van der Waals surface area contributed by atoms with Gasteiger partial charge in [-0.25, -0.2) is 0 Å². The number of Topliss-reactive ketones (excluding diaryl/α,β-unsaturated/α-hetero) is 1. The van der Waals surface area contributed by atoms with E-state index < -0.39 is 10.0 Å². The highest BCUT2D eigenvalue weighted by atomic mass is 79.9. The van der Waals surface area contributed by atoms with Crippen LogP contribution < -0.4 is 0 Å². The van der Waals surface area contributed by atoms with Gasteiger partial charge >= 0.3 is 0 Å². The van der Waals surface area contributed by atoms with E-state index in [2.05, 4.69) is 20.3 Å². The SMILES string of the molecule is CCOC(/C=C(/Br)C(=O)c1ccccc1)=N\S(=O)(=O)c1ccc(C)cc1. The maximum Gasteiger partial charge on any atom is 0.285 e. The number of sulfonamides is 1. The van der Waals surface area contributed by atoms with Crippen LogP contribution in [0.15, 0.2) is 74.4 Å². The van der Waals surface area contributed by atoms with Crippen molar-refractivity contribution in [2.75, 3.05) is 6.61 Å². The number of ether oxygens (including phenoxy) is 1. The smallest absolute Gasteiger partial charge is 0.285 e. The number of benzene rings is 2. The molecule has 0 bridgehead atoms. The lowest BCUT2D eigenvalue weighted by molar-refractivity contribution is 0.104. The Morgan fingerprint density at radius 2 is 1.73 bits per heavy atom. The van der Waals surface area contributed by atoms with E-state index in [1.165, 1.54) is 18.2 Å². The van der Waals surface area contributed by atoms with Gasteiger partial charge in [0.1, 0.15) is 0 Å². The minimum absolute atomic E-state index is 0.0548. The third-order valence-corrected chi connectivity index (χ3v) is 5.20. The number of rotatable bonds is 6. The summed E-state index contributed by atoms with van der Waals surface area (Å²) in [7, 11) is -3.95. The summed E-state index contributed by atoms with van der Waals surface area (Å²) in [4.78, 5) is 12.4. The van der Waals surface area contributed by atoms with Crippen molar-refractivity contribution in [3.63, 3.8) is 0 Å². The maximum atomic E-state index is 12.5. The molecule has 26 heavy (non-hydrogen) atoms. The summed E-state index contributed by atoms with van der Waals surface area (Å²) in [6, 6.07) is 14.9. The second-order valence-corrected chi connectivity index (χ2v) is 7.80. The third kappa shape index (κ3) is 5.37. The Hall–Kier alpha value is -2.25. The summed E-state index contributed by atoms with van der Waals surface area (Å²) in [5, 5.41) is 0. The van der Waals surface area contributed by atoms with Crippen LogP contribution in [0.2, 0.25) is 0 Å². The maximum absolute atomic E-state index is 12.5. The molecule has 0 heterocycles. The van der Waals surface area contributed by atoms with Gasteiger partial charge in [0, 0.05) is 11.6 Å². The van der Waals surface area contributed by atoms with Gasteiger partial charge in [0.25, 0.3) is 10.0 Å². The summed E-state index contributed by atoms with van der Waals surface area (Å²) in [6.45, 7) is 3.77. The third-order valence-electron chi connectivity index (χ3n) is 3.32. The fraction of sp³-hybridized carbons (Fsp3) is 0.158. The molecule has 0 N–H and O–H groups in total. The fourth-order valence-electron chi connectivity index (χ4n) is 2.03. The van der Waals surface area contributed by atoms with Crippen LogP contribution in [-0.2, 0) is 14.8 Å². The molecule has 0 amide bonds. The Labute approximate surface area is 161 Å². The first-order chi connectivity index (χ1) is 12.3. The molecule has 0 unspecified atom stereocenters. The minimum atomic E-state index is -3.95. The molecule has 0 radical (unpaired) electrons. The first-order valence-electron chi connectivity index (χ1n) is 7.85. The minimum Gasteiger partial charge on any atom is -0.477 e. The van der Waals surface area contributed by atoms with Crippen LogP contribution in [0.5, 0.6) is 0 Å². The zero-order chi connectivity index (χ0) is 19.2. The predicted molar refractivity (Wildman–Crippen MR) is 105 cm³/mol. The van der Waals surface area contributed by atoms with Gasteiger partial charge in [-0.3, -0.25) is 4.79 Å². The van der Waals surface area contributed by atoms with Crippen LogP contribution in [-0.4, -0.2) is 26.7 Å². The summed E-state index contributed by atoms with van der Waals surface area (Å²) in [6.07, 6.45) is 1.27. The molecule has 0 spiro atoms. The summed E-state index contributed by atoms with van der Waals surface area (Å²) in [5.41, 5.74) is 1.40. The van der Waals surface area contributed by atoms with Gasteiger partial charge in [0.05, 0.1) is 16.0 Å². The van der Waals surface area contributed by atoms with Crippen molar-refractivity contribution >= 4 is 37.6 Å². The van der Waals surface area contributed by atoms with Crippen molar-refractivity contribution in [3.05, 3.63) is 76.3 Å². The molecule has 7 heteroatoms. The van der Waals surface area contributed by atoms with Crippen molar-refractivity contribution in [1.29, 1.82) is 0 Å². The van der Waals surface area contributed by atoms with Crippen molar-refractivity contribution in [2.45, 2.75) is 18.7 Å². The highest BCUT2D eigenvalue weighted by Crippen LogP contribution is 2.17. The normalized spacial score (nSPS) is 12.7. The molecule has 0 atom stereocenters. The molecule has 2 aromatic rings. The van der Waals surface area contributed by atoms with Gasteiger partial charge in [-0.05, 0) is 41.9 Å². The van der Waals surface area contributed by atoms with Gasteiger partial charge in [0.15, 0.2) is 5.78 Å². The van der Waals surface area contributed by atoms with Crippen molar-refractivity contribution < 1.29 is 17.9 Å². The van der Waals surface area contributed by atoms with E-state index in [9.17, 15) is 13.2 Å². The monoisotopic (exact) mass is 435 g/mol. The zero-order valence-corrected chi connectivity index (χ0v) is 16.7. The Kier molecular flexibility index (Phi) is 6.88. The molecule has 2 rings (SSSR count). The number of carbonyl (C=O) groups is 1. The molecule has 136 valence electrons. The largest absolute Gasteiger partial charge is 0.477 e. The standard InChI is InChI=1S/C19H18BrNO4S/c1-3-25-18(13-17(20)19(22)15-7-5-4-6-8-15)21-26(23,24)16-11-9-14(2)10-12-16/h4-13H,3H2,1-2H3/b17-13+,21-18-. The Balaban J connectivity index is 2.36. The van der Waals surface area contributed by atoms with Crippen LogP contribution in [0.1, 0.15) is 22.8 Å². The fourth-order valence-corrected chi connectivity index (χ4v) is 3.38. The van der Waals surface area contributed by atoms with Crippen LogP contribution in [0.3, 0.4) is 0 Å². The van der Waals surface area contributed by atoms with Crippen LogP contribution in [0.25, 0.3) is 0 Å². The van der Waals surface area contributed by atoms with Crippen molar-refractivity contribution in [2.24, 2.45) is 4.40 Å². The number of carbonyl (C=O) groups excluding carboxylic acids is 1. The first-order valence-corrected chi connectivity index (χ1v) is 10.1. The lowest BCUT2D eigenvalue weighted by Gasteiger charge is -2.06. The second kappa shape index (κ2) is 8.91. The van der Waals surface area contributed by atoms with Gasteiger partial charge in [-0.2, -0.15) is 8.42 Å². The summed E-state index contributed by atoms with van der Waals surface area (Å²) < 4.78 is 34.1. The predicted octanol–water partition coefficient (Wildman–Crippen LogP) is 4.28. The van der Waals surface area contributed by atoms with E-state index in [0.29, 0.717) is 5.56 Å². The van der Waals surface area contributed by atoms with Gasteiger partial charge in [-0.1, -0.05) is 48.0 Å². The van der Waals surface area contributed by atoms with Gasteiger partial charge in [-0.15, -0.1) is 4.40 Å². The molecular formula is C19H18BrNO4S. The molecule has 2 aromatic carbocycles. The lowest BCUT2D eigenvalue weighted by Crippen LogP contribution is -2.09. The molecule has 0 aliphatic rings. The van der Waals surface area contributed by atoms with Crippen molar-refractivity contribution in [1.82, 2.24) is 0 Å². The van der Waals surface area contributed by atoms with E-state index in [-0.39, 0.29) is 27.7 Å². The van der Waals surface area contributed by atoms with E-state index in [1.54, 1.807) is 49.4 Å². The number of halogens is 1. The average Bonchev–Trinajstić information content (AvgIpc) is 2.62. The van der Waals surface area contributed by atoms with Gasteiger partial charge < -0.3 is 4.74 Å². The lowest BCUT2D eigenvalue weighted by atomic mass is 10.1. The first kappa shape index (κ1) is 20.1. The Bertz CT molecular complexity index is 933. The van der Waals surface area contributed by atoms with E-state index in [0.717, 1.165) is 5.56 Å². The van der Waals surface area contributed by atoms with E-state index in [4.69, 9.17) is 4.74 Å². The van der Waals surface area contributed by atoms with E-state index >= 15 is 0 Å². The van der Waals surface area contributed by atoms with Crippen LogP contribution >= 0.6 is 15.9 Å². The number of hydrogen-bond acceptors (Lipinski definition) is 4. The number of ketones is 1. The highest BCUT2D eigenvalue weighted by molar-refractivity contribution is 9.12. The number of hydrogen-bond donors (Lipinski definition) is 0. The molecule has 0 aromatic heterocycles. The summed E-state index contributed by atoms with van der Waals surface area (Å²) >= 11 is 3.18. The molecule has 0 saturated heterocycles. The Morgan fingerprint density at radius 1 is 1.12 bits per heavy atom. The molecule has 5 nitrogen and oxygen atoms in total. The number of aryl methyl sites for hydroxylation is 1. The molecule has 0 saturated carbocycles. The number of allylic oxidation sites excluding steroid dienone is 1. The Morgan fingerprint density at radius 3 is 2.31 bits per heavy atom. The van der Waals surface area contributed by atoms with Gasteiger partial charge in [0.2, 0.25) is 5.90 Å². The quantitative estimate of drug-likeness (QED) is 0.293. The average molecular weight is 436 g/mol. The van der Waals surface area contributed by atoms with Crippen LogP contribution in [0.4, 0.5) is 0 Å². The molecule has 0 aliphatic carbocycles. The second-order valence-electron chi connectivity index (χ2n) is 5.34. The number of nitrogens with zero attached hydrogens (tertiary/aromatic N) is 1. The van der Waals surface area contributed by atoms with E-state index in [1.807, 2.05) is 6.92 Å². The molecular weight excluding hydrogens is 418 g/mol. The molecule has 0 aliphatic heterocycles. The highest BCUT2D eigenvalue weighted by Gasteiger charge is 2.16. The topological polar surface area (TPSA) is 72.8 Å². The zero-order valence-electron chi connectivity index (χ0n) is 14.3.